The molecule has 0 saturated heterocycles. The van der Waals surface area contributed by atoms with Gasteiger partial charge in [-0.2, -0.15) is 0 Å². The van der Waals surface area contributed by atoms with E-state index in [0.29, 0.717) is 6.04 Å². The highest BCUT2D eigenvalue weighted by atomic mass is 79.9. The van der Waals surface area contributed by atoms with E-state index in [9.17, 15) is 0 Å². The minimum atomic E-state index is 0.581. The zero-order valence-electron chi connectivity index (χ0n) is 9.89. The van der Waals surface area contributed by atoms with Gasteiger partial charge in [-0.25, -0.2) is 0 Å². The van der Waals surface area contributed by atoms with Gasteiger partial charge in [-0.1, -0.05) is 42.6 Å². The highest BCUT2D eigenvalue weighted by molar-refractivity contribution is 9.11. The monoisotopic (exact) mass is 347 g/mol. The first-order chi connectivity index (χ1) is 7.67. The molecule has 1 aromatic carbocycles. The van der Waals surface area contributed by atoms with Crippen LogP contribution in [-0.4, -0.2) is 6.04 Å². The van der Waals surface area contributed by atoms with Crippen LogP contribution in [0.4, 0.5) is 5.69 Å². The number of nitrogens with one attached hydrogen (secondary N) is 1. The van der Waals surface area contributed by atoms with Crippen molar-refractivity contribution in [1.29, 1.82) is 0 Å². The molecule has 90 valence electrons. The average Bonchev–Trinajstić information content (AvgIpc) is 2.27. The number of halogens is 2. The van der Waals surface area contributed by atoms with Crippen molar-refractivity contribution in [3.8, 4) is 0 Å². The Morgan fingerprint density at radius 1 is 1.25 bits per heavy atom. The minimum Gasteiger partial charge on any atom is -0.381 e. The van der Waals surface area contributed by atoms with E-state index in [-0.39, 0.29) is 0 Å². The number of anilines is 1. The molecule has 1 unspecified atom stereocenters. The SMILES string of the molecule is CCCCC(CC)Nc1ccc(Br)cc1Br. The lowest BCUT2D eigenvalue weighted by atomic mass is 10.1. The van der Waals surface area contributed by atoms with Gasteiger partial charge in [0.2, 0.25) is 0 Å². The molecule has 0 aliphatic heterocycles. The molecule has 0 aliphatic rings. The van der Waals surface area contributed by atoms with E-state index in [4.69, 9.17) is 0 Å². The molecule has 0 aromatic heterocycles. The van der Waals surface area contributed by atoms with Crippen molar-refractivity contribution in [2.45, 2.75) is 45.6 Å². The topological polar surface area (TPSA) is 12.0 Å². The van der Waals surface area contributed by atoms with Gasteiger partial charge >= 0.3 is 0 Å². The zero-order valence-corrected chi connectivity index (χ0v) is 13.1. The van der Waals surface area contributed by atoms with Crippen LogP contribution in [-0.2, 0) is 0 Å². The fourth-order valence-electron chi connectivity index (χ4n) is 1.66. The number of benzene rings is 1. The van der Waals surface area contributed by atoms with Gasteiger partial charge < -0.3 is 5.32 Å². The van der Waals surface area contributed by atoms with E-state index in [1.807, 2.05) is 0 Å². The summed E-state index contributed by atoms with van der Waals surface area (Å²) in [5, 5.41) is 3.59. The molecular weight excluding hydrogens is 330 g/mol. The molecule has 1 nitrogen and oxygen atoms in total. The first-order valence-corrected chi connectivity index (χ1v) is 7.47. The molecule has 1 aromatic rings. The van der Waals surface area contributed by atoms with Crippen LogP contribution in [0.15, 0.2) is 27.1 Å². The van der Waals surface area contributed by atoms with Crippen molar-refractivity contribution in [2.75, 3.05) is 5.32 Å². The van der Waals surface area contributed by atoms with Crippen LogP contribution < -0.4 is 5.32 Å². The van der Waals surface area contributed by atoms with E-state index >= 15 is 0 Å². The van der Waals surface area contributed by atoms with Gasteiger partial charge in [-0.05, 0) is 47.0 Å². The van der Waals surface area contributed by atoms with E-state index in [2.05, 4.69) is 69.2 Å². The van der Waals surface area contributed by atoms with Crippen LogP contribution in [0, 0.1) is 0 Å². The van der Waals surface area contributed by atoms with E-state index in [0.717, 1.165) is 8.95 Å². The van der Waals surface area contributed by atoms with E-state index < -0.39 is 0 Å². The standard InChI is InChI=1S/C13H19Br2N/c1-3-5-6-11(4-2)16-13-8-7-10(14)9-12(13)15/h7-9,11,16H,3-6H2,1-2H3. The summed E-state index contributed by atoms with van der Waals surface area (Å²) in [6.07, 6.45) is 4.97. The Bertz CT molecular complexity index is 326. The summed E-state index contributed by atoms with van der Waals surface area (Å²) < 4.78 is 2.23. The Kier molecular flexibility index (Phi) is 6.44. The largest absolute Gasteiger partial charge is 0.381 e. The first kappa shape index (κ1) is 14.0. The number of rotatable bonds is 6. The Balaban J connectivity index is 2.62. The number of unbranched alkanes of at least 4 members (excludes halogenated alkanes) is 1. The highest BCUT2D eigenvalue weighted by Gasteiger charge is 2.07. The maximum atomic E-state index is 3.59. The van der Waals surface area contributed by atoms with Gasteiger partial charge in [-0.3, -0.25) is 0 Å². The fourth-order valence-corrected chi connectivity index (χ4v) is 2.82. The maximum Gasteiger partial charge on any atom is 0.0487 e. The maximum absolute atomic E-state index is 3.59. The number of hydrogen-bond acceptors (Lipinski definition) is 1. The summed E-state index contributed by atoms with van der Waals surface area (Å²) in [5.41, 5.74) is 1.19. The van der Waals surface area contributed by atoms with Crippen molar-refractivity contribution >= 4 is 37.5 Å². The predicted molar refractivity (Wildman–Crippen MR) is 79.1 cm³/mol. The first-order valence-electron chi connectivity index (χ1n) is 5.89. The summed E-state index contributed by atoms with van der Waals surface area (Å²) in [5.74, 6) is 0. The van der Waals surface area contributed by atoms with Gasteiger partial charge in [0.1, 0.15) is 0 Å². The molecule has 3 heteroatoms. The van der Waals surface area contributed by atoms with Crippen molar-refractivity contribution in [3.63, 3.8) is 0 Å². The molecule has 0 heterocycles. The summed E-state index contributed by atoms with van der Waals surface area (Å²) in [7, 11) is 0. The summed E-state index contributed by atoms with van der Waals surface area (Å²) in [4.78, 5) is 0. The third-order valence-electron chi connectivity index (χ3n) is 2.69. The molecule has 0 bridgehead atoms. The predicted octanol–water partition coefficient (Wildman–Crippen LogP) is 5.59. The summed E-state index contributed by atoms with van der Waals surface area (Å²) in [6, 6.07) is 6.84. The summed E-state index contributed by atoms with van der Waals surface area (Å²) >= 11 is 7.04. The minimum absolute atomic E-state index is 0.581. The molecule has 0 spiro atoms. The van der Waals surface area contributed by atoms with Crippen molar-refractivity contribution < 1.29 is 0 Å². The molecule has 0 radical (unpaired) electrons. The second-order valence-corrected chi connectivity index (χ2v) is 5.79. The Morgan fingerprint density at radius 2 is 2.00 bits per heavy atom. The molecule has 16 heavy (non-hydrogen) atoms. The highest BCUT2D eigenvalue weighted by Crippen LogP contribution is 2.27. The molecular formula is C13H19Br2N. The average molecular weight is 349 g/mol. The van der Waals surface area contributed by atoms with Crippen LogP contribution in [0.2, 0.25) is 0 Å². The van der Waals surface area contributed by atoms with Crippen molar-refractivity contribution in [1.82, 2.24) is 0 Å². The molecule has 0 amide bonds. The Morgan fingerprint density at radius 3 is 2.56 bits per heavy atom. The van der Waals surface area contributed by atoms with Crippen LogP contribution in [0.5, 0.6) is 0 Å². The Labute approximate surface area is 115 Å². The Hall–Kier alpha value is -0.0200. The number of hydrogen-bond donors (Lipinski definition) is 1. The van der Waals surface area contributed by atoms with Crippen molar-refractivity contribution in [2.24, 2.45) is 0 Å². The van der Waals surface area contributed by atoms with Crippen LogP contribution in [0.25, 0.3) is 0 Å². The van der Waals surface area contributed by atoms with Crippen LogP contribution >= 0.6 is 31.9 Å². The van der Waals surface area contributed by atoms with Crippen LogP contribution in [0.3, 0.4) is 0 Å². The molecule has 0 aliphatic carbocycles. The van der Waals surface area contributed by atoms with Crippen molar-refractivity contribution in [3.05, 3.63) is 27.1 Å². The van der Waals surface area contributed by atoms with Gasteiger partial charge in [0, 0.05) is 20.7 Å². The van der Waals surface area contributed by atoms with Gasteiger partial charge in [0.15, 0.2) is 0 Å². The zero-order chi connectivity index (χ0) is 12.0. The quantitative estimate of drug-likeness (QED) is 0.706. The molecule has 0 fully saturated rings. The normalized spacial score (nSPS) is 12.5. The lowest BCUT2D eigenvalue weighted by Gasteiger charge is -2.19. The molecule has 1 rings (SSSR count). The third-order valence-corrected chi connectivity index (χ3v) is 3.84. The van der Waals surface area contributed by atoms with Crippen LogP contribution in [0.1, 0.15) is 39.5 Å². The van der Waals surface area contributed by atoms with E-state index in [1.165, 1.54) is 31.4 Å². The van der Waals surface area contributed by atoms with E-state index in [1.54, 1.807) is 0 Å². The molecule has 1 atom stereocenters. The molecule has 1 N–H and O–H groups in total. The lowest BCUT2D eigenvalue weighted by molar-refractivity contribution is 0.593. The smallest absolute Gasteiger partial charge is 0.0487 e. The second kappa shape index (κ2) is 7.33. The fraction of sp³-hybridized carbons (Fsp3) is 0.538. The second-order valence-electron chi connectivity index (χ2n) is 4.02. The van der Waals surface area contributed by atoms with Gasteiger partial charge in [0.25, 0.3) is 0 Å². The lowest BCUT2D eigenvalue weighted by Crippen LogP contribution is -2.18. The third kappa shape index (κ3) is 4.46. The van der Waals surface area contributed by atoms with Gasteiger partial charge in [-0.15, -0.1) is 0 Å². The van der Waals surface area contributed by atoms with Gasteiger partial charge in [0.05, 0.1) is 0 Å². The summed E-state index contributed by atoms with van der Waals surface area (Å²) in [6.45, 7) is 4.47. The molecule has 0 saturated carbocycles.